The van der Waals surface area contributed by atoms with E-state index in [1.54, 1.807) is 41.9 Å². The lowest BCUT2D eigenvalue weighted by molar-refractivity contribution is 0.323. The topological polar surface area (TPSA) is 117 Å². The summed E-state index contributed by atoms with van der Waals surface area (Å²) in [6, 6.07) is 9.41. The molecular formula is C24H27N5O5S. The van der Waals surface area contributed by atoms with Crippen molar-refractivity contribution >= 4 is 22.9 Å². The van der Waals surface area contributed by atoms with Gasteiger partial charge in [0, 0.05) is 6.54 Å². The summed E-state index contributed by atoms with van der Waals surface area (Å²) in [5.41, 5.74) is 2.32. The highest BCUT2D eigenvalue weighted by atomic mass is 32.2. The van der Waals surface area contributed by atoms with Crippen molar-refractivity contribution in [2.75, 3.05) is 35.5 Å². The van der Waals surface area contributed by atoms with Crippen molar-refractivity contribution in [2.24, 2.45) is 0 Å². The third-order valence-electron chi connectivity index (χ3n) is 5.44. The number of hydrogen-bond acceptors (Lipinski definition) is 9. The van der Waals surface area contributed by atoms with Crippen LogP contribution in [0.25, 0.3) is 11.2 Å². The Morgan fingerprint density at radius 1 is 0.914 bits per heavy atom. The number of H-pyrrole nitrogens is 1. The fourth-order valence-electron chi connectivity index (χ4n) is 3.67. The summed E-state index contributed by atoms with van der Waals surface area (Å²) in [6.45, 7) is 0.583. The highest BCUT2D eigenvalue weighted by molar-refractivity contribution is 7.99. The Morgan fingerprint density at radius 3 is 2.26 bits per heavy atom. The van der Waals surface area contributed by atoms with Gasteiger partial charge in [-0.2, -0.15) is 0 Å². The molecule has 2 N–H and O–H groups in total. The van der Waals surface area contributed by atoms with E-state index in [2.05, 4.69) is 9.97 Å². The molecule has 11 heteroatoms. The van der Waals surface area contributed by atoms with Crippen LogP contribution in [0.2, 0.25) is 0 Å². The molecule has 0 aliphatic carbocycles. The number of aryl methyl sites for hydroxylation is 2. The molecule has 4 aromatic rings. The Morgan fingerprint density at radius 2 is 1.63 bits per heavy atom. The highest BCUT2D eigenvalue weighted by Gasteiger charge is 2.16. The summed E-state index contributed by atoms with van der Waals surface area (Å²) in [5, 5.41) is 8.87. The van der Waals surface area contributed by atoms with Gasteiger partial charge < -0.3 is 33.2 Å². The number of imidazole rings is 1. The van der Waals surface area contributed by atoms with Crippen molar-refractivity contribution in [2.45, 2.75) is 23.0 Å². The van der Waals surface area contributed by atoms with Crippen LogP contribution in [0.4, 0.5) is 0 Å². The maximum atomic E-state index is 8.25. The third kappa shape index (κ3) is 4.99. The number of fused-ring (bicyclic) bond motifs is 1. The molecule has 0 amide bonds. The number of aromatic amines is 1. The maximum absolute atomic E-state index is 8.25. The van der Waals surface area contributed by atoms with Gasteiger partial charge in [0.2, 0.25) is 5.75 Å². The molecule has 35 heavy (non-hydrogen) atoms. The van der Waals surface area contributed by atoms with Crippen molar-refractivity contribution in [1.82, 2.24) is 19.5 Å². The molecule has 0 unspecified atom stereocenters. The van der Waals surface area contributed by atoms with Crippen LogP contribution in [0.3, 0.4) is 0 Å². The van der Waals surface area contributed by atoms with E-state index in [4.69, 9.17) is 34.1 Å². The summed E-state index contributed by atoms with van der Waals surface area (Å²) in [5.74, 6) is 3.17. The largest absolute Gasteiger partial charge is 0.497 e. The van der Waals surface area contributed by atoms with E-state index in [0.717, 1.165) is 10.5 Å². The molecule has 2 heterocycles. The molecule has 4 rings (SSSR count). The number of nitrogens with zero attached hydrogens (tertiary/aromatic N) is 3. The van der Waals surface area contributed by atoms with Gasteiger partial charge in [-0.1, -0.05) is 0 Å². The molecule has 0 aliphatic rings. The van der Waals surface area contributed by atoms with Gasteiger partial charge in [-0.3, -0.25) is 5.41 Å². The van der Waals surface area contributed by atoms with E-state index in [-0.39, 0.29) is 5.49 Å². The standard InChI is InChI=1S/C24H27N5O5S/c1-30-15-6-7-16(31-2)19(12-15)35-24-27-20-22(25)26-13-29(23(20)28-24)9-8-14-10-17(32-3)21(34-5)18(11-14)33-4/h6-7,10-13,25H,8-9H2,1-5H3,(H,27,28). The number of ether oxygens (including phenoxy) is 5. The minimum atomic E-state index is 0.126. The summed E-state index contributed by atoms with van der Waals surface area (Å²) >= 11 is 1.40. The first-order chi connectivity index (χ1) is 17.0. The predicted octanol–water partition coefficient (Wildman–Crippen LogP) is 3.68. The van der Waals surface area contributed by atoms with Gasteiger partial charge in [0.15, 0.2) is 27.8 Å². The van der Waals surface area contributed by atoms with E-state index >= 15 is 0 Å². The minimum Gasteiger partial charge on any atom is -0.497 e. The number of benzene rings is 2. The first-order valence-corrected chi connectivity index (χ1v) is 11.5. The van der Waals surface area contributed by atoms with E-state index < -0.39 is 0 Å². The lowest BCUT2D eigenvalue weighted by atomic mass is 10.1. The second-order valence-corrected chi connectivity index (χ2v) is 8.46. The van der Waals surface area contributed by atoms with Crippen LogP contribution in [0.1, 0.15) is 5.56 Å². The first kappa shape index (κ1) is 24.3. The van der Waals surface area contributed by atoms with Gasteiger partial charge >= 0.3 is 0 Å². The average Bonchev–Trinajstić information content (AvgIpc) is 3.32. The number of methoxy groups -OCH3 is 5. The summed E-state index contributed by atoms with van der Waals surface area (Å²) < 4.78 is 29.1. The Kier molecular flexibility index (Phi) is 7.35. The van der Waals surface area contributed by atoms with Gasteiger partial charge in [0.05, 0.1) is 46.8 Å². The van der Waals surface area contributed by atoms with Crippen LogP contribution >= 0.6 is 11.8 Å². The lowest BCUT2D eigenvalue weighted by Crippen LogP contribution is -2.13. The molecule has 0 saturated carbocycles. The van der Waals surface area contributed by atoms with E-state index in [0.29, 0.717) is 58.0 Å². The molecular weight excluding hydrogens is 470 g/mol. The van der Waals surface area contributed by atoms with Crippen LogP contribution in [0.15, 0.2) is 46.7 Å². The van der Waals surface area contributed by atoms with Gasteiger partial charge in [0.1, 0.15) is 17.0 Å². The second-order valence-electron chi connectivity index (χ2n) is 7.43. The Hall–Kier alpha value is -3.86. The summed E-state index contributed by atoms with van der Waals surface area (Å²) in [6.07, 6.45) is 2.29. The van der Waals surface area contributed by atoms with Crippen LogP contribution < -0.4 is 29.2 Å². The van der Waals surface area contributed by atoms with Crippen LogP contribution in [-0.2, 0) is 13.0 Å². The average molecular weight is 498 g/mol. The summed E-state index contributed by atoms with van der Waals surface area (Å²) in [4.78, 5) is 13.0. The normalized spacial score (nSPS) is 10.9. The predicted molar refractivity (Wildman–Crippen MR) is 131 cm³/mol. The lowest BCUT2D eigenvalue weighted by Gasteiger charge is -2.14. The zero-order chi connectivity index (χ0) is 24.9. The van der Waals surface area contributed by atoms with Crippen molar-refractivity contribution in [1.29, 1.82) is 5.41 Å². The first-order valence-electron chi connectivity index (χ1n) is 10.7. The number of rotatable bonds is 10. The SMILES string of the molecule is COc1ccc(OC)c(Sc2nc3c([nH]2)c(=N)ncn3CCc2cc(OC)c(OC)c(OC)c2)c1. The van der Waals surface area contributed by atoms with Gasteiger partial charge in [-0.05, 0) is 54.1 Å². The molecule has 0 aliphatic heterocycles. The fraction of sp³-hybridized carbons (Fsp3) is 0.292. The molecule has 0 atom stereocenters. The van der Waals surface area contributed by atoms with Crippen molar-refractivity contribution in [3.05, 3.63) is 47.7 Å². The zero-order valence-electron chi connectivity index (χ0n) is 20.2. The molecule has 0 bridgehead atoms. The Bertz CT molecular complexity index is 1380. The van der Waals surface area contributed by atoms with Crippen molar-refractivity contribution in [3.8, 4) is 28.7 Å². The second kappa shape index (κ2) is 10.6. The van der Waals surface area contributed by atoms with Crippen LogP contribution in [-0.4, -0.2) is 55.1 Å². The quantitative estimate of drug-likeness (QED) is 0.341. The molecule has 2 aromatic heterocycles. The van der Waals surface area contributed by atoms with E-state index in [1.807, 2.05) is 34.9 Å². The maximum Gasteiger partial charge on any atom is 0.203 e. The molecule has 0 fully saturated rings. The third-order valence-corrected chi connectivity index (χ3v) is 6.37. The number of aromatic nitrogens is 4. The monoisotopic (exact) mass is 497 g/mol. The molecule has 0 saturated heterocycles. The number of nitrogens with one attached hydrogen (secondary N) is 2. The Balaban J connectivity index is 1.64. The van der Waals surface area contributed by atoms with Crippen LogP contribution in [0, 0.1) is 5.41 Å². The van der Waals surface area contributed by atoms with Crippen molar-refractivity contribution < 1.29 is 23.7 Å². The molecule has 10 nitrogen and oxygen atoms in total. The fourth-order valence-corrected chi connectivity index (χ4v) is 4.59. The molecule has 0 spiro atoms. The minimum absolute atomic E-state index is 0.126. The zero-order valence-corrected chi connectivity index (χ0v) is 21.0. The van der Waals surface area contributed by atoms with Gasteiger partial charge in [-0.15, -0.1) is 0 Å². The van der Waals surface area contributed by atoms with Gasteiger partial charge in [-0.25, -0.2) is 9.97 Å². The Labute approximate surface area is 206 Å². The molecule has 0 radical (unpaired) electrons. The highest BCUT2D eigenvalue weighted by Crippen LogP contribution is 2.39. The van der Waals surface area contributed by atoms with Crippen molar-refractivity contribution in [3.63, 3.8) is 0 Å². The molecule has 2 aromatic carbocycles. The molecule has 184 valence electrons. The van der Waals surface area contributed by atoms with E-state index in [1.165, 1.54) is 11.8 Å². The smallest absolute Gasteiger partial charge is 0.203 e. The summed E-state index contributed by atoms with van der Waals surface area (Å²) in [7, 11) is 8.00. The van der Waals surface area contributed by atoms with Gasteiger partial charge in [0.25, 0.3) is 0 Å². The number of hydrogen-bond donors (Lipinski definition) is 2. The van der Waals surface area contributed by atoms with E-state index in [9.17, 15) is 0 Å². The van der Waals surface area contributed by atoms with Crippen LogP contribution in [0.5, 0.6) is 28.7 Å².